The molecule has 1 atom stereocenters. The molecule has 1 aliphatic carbocycles. The van der Waals surface area contributed by atoms with E-state index in [4.69, 9.17) is 0 Å². The third-order valence-corrected chi connectivity index (χ3v) is 4.57. The number of rotatable bonds is 6. The second-order valence-corrected chi connectivity index (χ2v) is 6.64. The van der Waals surface area contributed by atoms with E-state index in [1.807, 2.05) is 0 Å². The first-order valence-corrected chi connectivity index (χ1v) is 7.96. The lowest BCUT2D eigenvalue weighted by molar-refractivity contribution is 0.209. The molecule has 0 radical (unpaired) electrons. The third-order valence-electron chi connectivity index (χ3n) is 4.57. The Morgan fingerprint density at radius 3 is 2.74 bits per heavy atom. The van der Waals surface area contributed by atoms with Crippen molar-refractivity contribution < 1.29 is 0 Å². The molecule has 0 spiro atoms. The predicted molar refractivity (Wildman–Crippen MR) is 83.4 cm³/mol. The summed E-state index contributed by atoms with van der Waals surface area (Å²) in [6.07, 6.45) is 7.87. The molecular weight excluding hydrogens is 230 g/mol. The van der Waals surface area contributed by atoms with Crippen LogP contribution in [-0.2, 0) is 6.42 Å². The highest BCUT2D eigenvalue weighted by molar-refractivity contribution is 5.34. The summed E-state index contributed by atoms with van der Waals surface area (Å²) in [4.78, 5) is 0. The SMILES string of the molecule is CCCCCCNC1c2ccccc2CCC1(C)C. The van der Waals surface area contributed by atoms with Gasteiger partial charge in [-0.25, -0.2) is 0 Å². The van der Waals surface area contributed by atoms with Gasteiger partial charge in [0.2, 0.25) is 0 Å². The van der Waals surface area contributed by atoms with Crippen LogP contribution < -0.4 is 5.32 Å². The molecule has 0 aromatic heterocycles. The first-order valence-electron chi connectivity index (χ1n) is 7.96. The van der Waals surface area contributed by atoms with E-state index in [0.717, 1.165) is 6.54 Å². The number of aryl methyl sites for hydroxylation is 1. The fraction of sp³-hybridized carbons (Fsp3) is 0.667. The van der Waals surface area contributed by atoms with Crippen molar-refractivity contribution in [3.8, 4) is 0 Å². The second-order valence-electron chi connectivity index (χ2n) is 6.64. The second kappa shape index (κ2) is 6.56. The number of hydrogen-bond donors (Lipinski definition) is 1. The molecule has 1 unspecified atom stereocenters. The van der Waals surface area contributed by atoms with Crippen molar-refractivity contribution in [1.29, 1.82) is 0 Å². The number of hydrogen-bond acceptors (Lipinski definition) is 1. The Morgan fingerprint density at radius 2 is 1.95 bits per heavy atom. The maximum atomic E-state index is 3.83. The molecule has 0 amide bonds. The molecule has 0 bridgehead atoms. The summed E-state index contributed by atoms with van der Waals surface area (Å²) in [5.41, 5.74) is 3.46. The van der Waals surface area contributed by atoms with E-state index in [0.29, 0.717) is 11.5 Å². The Hall–Kier alpha value is -0.820. The topological polar surface area (TPSA) is 12.0 Å². The van der Waals surface area contributed by atoms with E-state index in [-0.39, 0.29) is 0 Å². The van der Waals surface area contributed by atoms with Crippen molar-refractivity contribution >= 4 is 0 Å². The summed E-state index contributed by atoms with van der Waals surface area (Å²) in [6.45, 7) is 8.25. The molecular formula is C18H29N. The van der Waals surface area contributed by atoms with Crippen molar-refractivity contribution in [2.45, 2.75) is 65.3 Å². The van der Waals surface area contributed by atoms with Gasteiger partial charge in [-0.05, 0) is 42.3 Å². The maximum absolute atomic E-state index is 3.83. The maximum Gasteiger partial charge on any atom is 0.0374 e. The smallest absolute Gasteiger partial charge is 0.0374 e. The number of fused-ring (bicyclic) bond motifs is 1. The first kappa shape index (κ1) is 14.6. The fourth-order valence-corrected chi connectivity index (χ4v) is 3.25. The zero-order chi connectivity index (χ0) is 13.7. The predicted octanol–water partition coefficient (Wildman–Crippen LogP) is 4.87. The number of benzene rings is 1. The Balaban J connectivity index is 2.00. The molecule has 1 N–H and O–H groups in total. The Kier molecular flexibility index (Phi) is 5.04. The molecule has 106 valence electrons. The van der Waals surface area contributed by atoms with E-state index in [9.17, 15) is 0 Å². The van der Waals surface area contributed by atoms with Crippen LogP contribution in [0.2, 0.25) is 0 Å². The van der Waals surface area contributed by atoms with Crippen LogP contribution in [0.4, 0.5) is 0 Å². The zero-order valence-electron chi connectivity index (χ0n) is 12.8. The average molecular weight is 259 g/mol. The molecule has 0 heterocycles. The lowest BCUT2D eigenvalue weighted by atomic mass is 9.70. The van der Waals surface area contributed by atoms with Crippen LogP contribution in [0, 0.1) is 5.41 Å². The molecule has 0 aliphatic heterocycles. The van der Waals surface area contributed by atoms with E-state index in [2.05, 4.69) is 50.4 Å². The van der Waals surface area contributed by atoms with Crippen molar-refractivity contribution in [3.05, 3.63) is 35.4 Å². The normalized spacial score (nSPS) is 21.1. The average Bonchev–Trinajstić information content (AvgIpc) is 2.40. The lowest BCUT2D eigenvalue weighted by Crippen LogP contribution is -2.38. The molecule has 2 rings (SSSR count). The van der Waals surface area contributed by atoms with Gasteiger partial charge >= 0.3 is 0 Å². The van der Waals surface area contributed by atoms with Gasteiger partial charge in [0.15, 0.2) is 0 Å². The summed E-state index contributed by atoms with van der Waals surface area (Å²) >= 11 is 0. The van der Waals surface area contributed by atoms with Gasteiger partial charge in [-0.1, -0.05) is 64.3 Å². The standard InChI is InChI=1S/C18H29N/c1-4-5-6-9-14-19-17-16-11-8-7-10-15(16)12-13-18(17,2)3/h7-8,10-11,17,19H,4-6,9,12-14H2,1-3H3. The number of unbranched alkanes of at least 4 members (excludes halogenated alkanes) is 3. The van der Waals surface area contributed by atoms with Gasteiger partial charge in [0.05, 0.1) is 0 Å². The van der Waals surface area contributed by atoms with E-state index in [1.165, 1.54) is 44.1 Å². The van der Waals surface area contributed by atoms with Crippen LogP contribution in [0.25, 0.3) is 0 Å². The van der Waals surface area contributed by atoms with Gasteiger partial charge in [-0.3, -0.25) is 0 Å². The van der Waals surface area contributed by atoms with E-state index < -0.39 is 0 Å². The largest absolute Gasteiger partial charge is 0.309 e. The van der Waals surface area contributed by atoms with Gasteiger partial charge < -0.3 is 5.32 Å². The summed E-state index contributed by atoms with van der Waals surface area (Å²) in [6, 6.07) is 9.51. The molecule has 1 aromatic rings. The molecule has 0 saturated heterocycles. The molecule has 1 aromatic carbocycles. The van der Waals surface area contributed by atoms with Gasteiger partial charge in [0, 0.05) is 6.04 Å². The number of nitrogens with one attached hydrogen (secondary N) is 1. The zero-order valence-corrected chi connectivity index (χ0v) is 12.8. The molecule has 19 heavy (non-hydrogen) atoms. The molecule has 1 heteroatoms. The van der Waals surface area contributed by atoms with Gasteiger partial charge in [-0.15, -0.1) is 0 Å². The van der Waals surface area contributed by atoms with Crippen LogP contribution in [0.3, 0.4) is 0 Å². The summed E-state index contributed by atoms with van der Waals surface area (Å²) in [5, 5.41) is 3.83. The van der Waals surface area contributed by atoms with Crippen LogP contribution in [-0.4, -0.2) is 6.54 Å². The summed E-state index contributed by atoms with van der Waals surface area (Å²) < 4.78 is 0. The minimum Gasteiger partial charge on any atom is -0.309 e. The highest BCUT2D eigenvalue weighted by atomic mass is 14.9. The highest BCUT2D eigenvalue weighted by Gasteiger charge is 2.34. The van der Waals surface area contributed by atoms with Crippen molar-refractivity contribution in [2.24, 2.45) is 5.41 Å². The first-order chi connectivity index (χ1) is 9.15. The Labute approximate surface area is 118 Å². The van der Waals surface area contributed by atoms with E-state index >= 15 is 0 Å². The van der Waals surface area contributed by atoms with Gasteiger partial charge in [0.1, 0.15) is 0 Å². The molecule has 0 fully saturated rings. The van der Waals surface area contributed by atoms with Crippen LogP contribution >= 0.6 is 0 Å². The van der Waals surface area contributed by atoms with Gasteiger partial charge in [0.25, 0.3) is 0 Å². The van der Waals surface area contributed by atoms with Crippen LogP contribution in [0.15, 0.2) is 24.3 Å². The summed E-state index contributed by atoms with van der Waals surface area (Å²) in [5.74, 6) is 0. The van der Waals surface area contributed by atoms with Crippen molar-refractivity contribution in [3.63, 3.8) is 0 Å². The quantitative estimate of drug-likeness (QED) is 0.719. The molecule has 1 aliphatic rings. The molecule has 0 saturated carbocycles. The van der Waals surface area contributed by atoms with Crippen LogP contribution in [0.1, 0.15) is 70.0 Å². The van der Waals surface area contributed by atoms with Crippen molar-refractivity contribution in [1.82, 2.24) is 5.32 Å². The highest BCUT2D eigenvalue weighted by Crippen LogP contribution is 2.43. The lowest BCUT2D eigenvalue weighted by Gasteiger charge is -2.40. The minimum absolute atomic E-state index is 0.374. The Bertz CT molecular complexity index is 394. The van der Waals surface area contributed by atoms with E-state index in [1.54, 1.807) is 5.56 Å². The third kappa shape index (κ3) is 3.60. The Morgan fingerprint density at radius 1 is 1.16 bits per heavy atom. The van der Waals surface area contributed by atoms with Gasteiger partial charge in [-0.2, -0.15) is 0 Å². The minimum atomic E-state index is 0.374. The summed E-state index contributed by atoms with van der Waals surface area (Å²) in [7, 11) is 0. The fourth-order valence-electron chi connectivity index (χ4n) is 3.25. The van der Waals surface area contributed by atoms with Crippen molar-refractivity contribution in [2.75, 3.05) is 6.54 Å². The molecule has 1 nitrogen and oxygen atoms in total. The van der Waals surface area contributed by atoms with Crippen LogP contribution in [0.5, 0.6) is 0 Å². The monoisotopic (exact) mass is 259 g/mol.